The molecule has 3 heterocycles. The highest BCUT2D eigenvalue weighted by Crippen LogP contribution is 2.31. The molecule has 2 aliphatic rings. The first-order valence-electron chi connectivity index (χ1n) is 8.49. The number of fused-ring (bicyclic) bond motifs is 1. The third-order valence-electron chi connectivity index (χ3n) is 5.04. The van der Waals surface area contributed by atoms with E-state index in [2.05, 4.69) is 11.1 Å². The highest BCUT2D eigenvalue weighted by atomic mass is 19.1. The zero-order chi connectivity index (χ0) is 16.5. The largest absolute Gasteiger partial charge is 0.354 e. The average Bonchev–Trinajstić information content (AvgIpc) is 3.06. The predicted molar refractivity (Wildman–Crippen MR) is 91.6 cm³/mol. The van der Waals surface area contributed by atoms with Crippen molar-refractivity contribution in [1.29, 1.82) is 0 Å². The van der Waals surface area contributed by atoms with Crippen LogP contribution < -0.4 is 9.80 Å². The van der Waals surface area contributed by atoms with Gasteiger partial charge in [-0.1, -0.05) is 18.2 Å². The molecule has 0 saturated carbocycles. The number of aromatic nitrogens is 1. The molecule has 1 amide bonds. The van der Waals surface area contributed by atoms with E-state index < -0.39 is 0 Å². The van der Waals surface area contributed by atoms with Gasteiger partial charge in [0.2, 0.25) is 5.91 Å². The van der Waals surface area contributed by atoms with E-state index in [1.165, 1.54) is 11.6 Å². The fourth-order valence-corrected chi connectivity index (χ4v) is 3.74. The molecule has 0 bridgehead atoms. The Morgan fingerprint density at radius 2 is 1.88 bits per heavy atom. The number of anilines is 2. The van der Waals surface area contributed by atoms with E-state index in [1.54, 1.807) is 12.3 Å². The molecular formula is C19H20FN3O. The Labute approximate surface area is 140 Å². The summed E-state index contributed by atoms with van der Waals surface area (Å²) in [6, 6.07) is 11.2. The van der Waals surface area contributed by atoms with Crippen LogP contribution in [-0.4, -0.2) is 30.5 Å². The molecule has 0 atom stereocenters. The van der Waals surface area contributed by atoms with Crippen molar-refractivity contribution in [3.05, 3.63) is 54.0 Å². The molecule has 4 rings (SSSR count). The van der Waals surface area contributed by atoms with Crippen molar-refractivity contribution in [3.63, 3.8) is 0 Å². The summed E-state index contributed by atoms with van der Waals surface area (Å²) in [5, 5.41) is 0. The minimum atomic E-state index is -0.296. The number of halogens is 1. The lowest BCUT2D eigenvalue weighted by Gasteiger charge is -2.34. The van der Waals surface area contributed by atoms with Crippen molar-refractivity contribution in [3.8, 4) is 0 Å². The summed E-state index contributed by atoms with van der Waals surface area (Å²) in [6.07, 6.45) is 4.03. The number of piperidine rings is 1. The smallest absolute Gasteiger partial charge is 0.230 e. The van der Waals surface area contributed by atoms with Crippen LogP contribution in [-0.2, 0) is 11.2 Å². The standard InChI is InChI=1S/C19H20FN3O/c20-16-5-3-10-21-18(16)22-11-7-15(8-12-22)19(24)23-13-9-14-4-1-2-6-17(14)23/h1-6,10,15H,7-9,11-13H2. The number of carbonyl (C=O) groups is 1. The van der Waals surface area contributed by atoms with Gasteiger partial charge in [-0.25, -0.2) is 9.37 Å². The third-order valence-corrected chi connectivity index (χ3v) is 5.04. The van der Waals surface area contributed by atoms with Gasteiger partial charge in [0, 0.05) is 37.4 Å². The summed E-state index contributed by atoms with van der Waals surface area (Å²) in [5.74, 6) is 0.325. The molecule has 1 aromatic carbocycles. The van der Waals surface area contributed by atoms with Crippen molar-refractivity contribution in [2.45, 2.75) is 19.3 Å². The van der Waals surface area contributed by atoms with Crippen molar-refractivity contribution >= 4 is 17.4 Å². The van der Waals surface area contributed by atoms with E-state index in [0.717, 1.165) is 31.5 Å². The lowest BCUT2D eigenvalue weighted by molar-refractivity contribution is -0.122. The monoisotopic (exact) mass is 325 g/mol. The third kappa shape index (κ3) is 2.64. The van der Waals surface area contributed by atoms with Gasteiger partial charge in [-0.15, -0.1) is 0 Å². The summed E-state index contributed by atoms with van der Waals surface area (Å²) in [5.41, 5.74) is 2.31. The molecule has 2 aliphatic heterocycles. The Morgan fingerprint density at radius 3 is 2.67 bits per heavy atom. The van der Waals surface area contributed by atoms with E-state index in [1.807, 2.05) is 28.0 Å². The van der Waals surface area contributed by atoms with E-state index >= 15 is 0 Å². The van der Waals surface area contributed by atoms with Crippen LogP contribution in [0.1, 0.15) is 18.4 Å². The number of amides is 1. The van der Waals surface area contributed by atoms with Crippen LogP contribution in [0.25, 0.3) is 0 Å². The van der Waals surface area contributed by atoms with Gasteiger partial charge in [0.05, 0.1) is 0 Å². The van der Waals surface area contributed by atoms with Gasteiger partial charge in [-0.3, -0.25) is 4.79 Å². The van der Waals surface area contributed by atoms with E-state index in [0.29, 0.717) is 18.9 Å². The van der Waals surface area contributed by atoms with Gasteiger partial charge in [-0.2, -0.15) is 0 Å². The molecule has 2 aromatic rings. The second-order valence-corrected chi connectivity index (χ2v) is 6.44. The highest BCUT2D eigenvalue weighted by Gasteiger charge is 2.32. The second-order valence-electron chi connectivity index (χ2n) is 6.44. The summed E-state index contributed by atoms with van der Waals surface area (Å²) in [6.45, 7) is 2.10. The topological polar surface area (TPSA) is 36.4 Å². The Morgan fingerprint density at radius 1 is 1.08 bits per heavy atom. The molecule has 0 radical (unpaired) electrons. The van der Waals surface area contributed by atoms with Gasteiger partial charge in [0.25, 0.3) is 0 Å². The van der Waals surface area contributed by atoms with Crippen LogP contribution in [0.3, 0.4) is 0 Å². The number of hydrogen-bond donors (Lipinski definition) is 0. The van der Waals surface area contributed by atoms with Gasteiger partial charge < -0.3 is 9.80 Å². The average molecular weight is 325 g/mol. The minimum absolute atomic E-state index is 0.0131. The summed E-state index contributed by atoms with van der Waals surface area (Å²) in [7, 11) is 0. The molecule has 0 N–H and O–H groups in total. The number of nitrogens with zero attached hydrogens (tertiary/aromatic N) is 3. The minimum Gasteiger partial charge on any atom is -0.354 e. The van der Waals surface area contributed by atoms with Crippen LogP contribution in [0.15, 0.2) is 42.6 Å². The maximum Gasteiger partial charge on any atom is 0.230 e. The van der Waals surface area contributed by atoms with Crippen LogP contribution in [0.4, 0.5) is 15.9 Å². The normalized spacial score (nSPS) is 17.9. The molecule has 1 aromatic heterocycles. The fraction of sp³-hybridized carbons (Fsp3) is 0.368. The first-order chi connectivity index (χ1) is 11.7. The van der Waals surface area contributed by atoms with Crippen LogP contribution >= 0.6 is 0 Å². The molecule has 24 heavy (non-hydrogen) atoms. The van der Waals surface area contributed by atoms with Crippen LogP contribution in [0.2, 0.25) is 0 Å². The summed E-state index contributed by atoms with van der Waals surface area (Å²) < 4.78 is 13.9. The van der Waals surface area contributed by atoms with E-state index in [-0.39, 0.29) is 17.6 Å². The van der Waals surface area contributed by atoms with Crippen LogP contribution in [0.5, 0.6) is 0 Å². The SMILES string of the molecule is O=C(C1CCN(c2ncccc2F)CC1)N1CCc2ccccc21. The Bertz CT molecular complexity index is 756. The fourth-order valence-electron chi connectivity index (χ4n) is 3.74. The maximum absolute atomic E-state index is 13.9. The predicted octanol–water partition coefficient (Wildman–Crippen LogP) is 3.03. The van der Waals surface area contributed by atoms with E-state index in [4.69, 9.17) is 0 Å². The van der Waals surface area contributed by atoms with Gasteiger partial charge in [0.15, 0.2) is 11.6 Å². The lowest BCUT2D eigenvalue weighted by atomic mass is 9.95. The van der Waals surface area contributed by atoms with Crippen molar-refractivity contribution in [2.75, 3.05) is 29.4 Å². The molecule has 124 valence electrons. The van der Waals surface area contributed by atoms with Gasteiger partial charge >= 0.3 is 0 Å². The summed E-state index contributed by atoms with van der Waals surface area (Å²) >= 11 is 0. The zero-order valence-corrected chi connectivity index (χ0v) is 13.5. The molecule has 0 aliphatic carbocycles. The number of pyridine rings is 1. The Kier molecular flexibility index (Phi) is 3.92. The Balaban J connectivity index is 1.43. The van der Waals surface area contributed by atoms with Crippen molar-refractivity contribution in [1.82, 2.24) is 4.98 Å². The van der Waals surface area contributed by atoms with E-state index in [9.17, 15) is 9.18 Å². The van der Waals surface area contributed by atoms with Crippen LogP contribution in [0, 0.1) is 11.7 Å². The molecule has 0 spiro atoms. The second kappa shape index (κ2) is 6.23. The molecular weight excluding hydrogens is 305 g/mol. The summed E-state index contributed by atoms with van der Waals surface area (Å²) in [4.78, 5) is 20.9. The van der Waals surface area contributed by atoms with Crippen molar-refractivity contribution in [2.24, 2.45) is 5.92 Å². The number of rotatable bonds is 2. The number of carbonyl (C=O) groups excluding carboxylic acids is 1. The number of para-hydroxylation sites is 1. The Hall–Kier alpha value is -2.43. The molecule has 1 saturated heterocycles. The molecule has 0 unspecified atom stereocenters. The quantitative estimate of drug-likeness (QED) is 0.851. The molecule has 4 nitrogen and oxygen atoms in total. The van der Waals surface area contributed by atoms with Gasteiger partial charge in [-0.05, 0) is 43.0 Å². The molecule has 5 heteroatoms. The zero-order valence-electron chi connectivity index (χ0n) is 13.5. The number of benzene rings is 1. The van der Waals surface area contributed by atoms with Crippen molar-refractivity contribution < 1.29 is 9.18 Å². The maximum atomic E-state index is 13.9. The lowest BCUT2D eigenvalue weighted by Crippen LogP contribution is -2.42. The number of hydrogen-bond acceptors (Lipinski definition) is 3. The highest BCUT2D eigenvalue weighted by molar-refractivity contribution is 5.97. The first kappa shape index (κ1) is 15.1. The van der Waals surface area contributed by atoms with Gasteiger partial charge in [0.1, 0.15) is 0 Å². The molecule has 1 fully saturated rings. The first-order valence-corrected chi connectivity index (χ1v) is 8.49.